The number of carbonyl (C=O) groups is 1. The van der Waals surface area contributed by atoms with E-state index in [0.717, 1.165) is 0 Å². The van der Waals surface area contributed by atoms with Gasteiger partial charge in [0.15, 0.2) is 0 Å². The Balaban J connectivity index is 3.87. The summed E-state index contributed by atoms with van der Waals surface area (Å²) in [6.45, 7) is 7.75. The largest absolute Gasteiger partial charge is 0.569 e. The number of nitrogens with zero attached hydrogens (tertiary/aromatic N) is 3. The molecule has 0 saturated heterocycles. The van der Waals surface area contributed by atoms with Gasteiger partial charge in [0.05, 0.1) is 24.0 Å². The molecular weight excluding hydrogens is 214 g/mol. The van der Waals surface area contributed by atoms with Gasteiger partial charge in [-0.2, -0.15) is 0 Å². The van der Waals surface area contributed by atoms with Crippen LogP contribution in [0.25, 0.3) is 0 Å². The monoisotopic (exact) mass is 233 g/mol. The molecule has 94 valence electrons. The third-order valence-electron chi connectivity index (χ3n) is 1.82. The van der Waals surface area contributed by atoms with Gasteiger partial charge in [0, 0.05) is 0 Å². The fourth-order valence-corrected chi connectivity index (χ4v) is 0.841. The van der Waals surface area contributed by atoms with E-state index in [1.807, 2.05) is 13.8 Å². The molecule has 0 amide bonds. The number of hydrogen-bond donors (Lipinski definition) is 0. The highest BCUT2D eigenvalue weighted by Crippen LogP contribution is 1.96. The van der Waals surface area contributed by atoms with Crippen molar-refractivity contribution < 1.29 is 19.3 Å². The summed E-state index contributed by atoms with van der Waals surface area (Å²) in [6, 6.07) is 0. The second-order valence-corrected chi connectivity index (χ2v) is 3.34. The van der Waals surface area contributed by atoms with E-state index in [1.165, 1.54) is 5.01 Å². The Hall–Kier alpha value is -1.53. The lowest BCUT2D eigenvalue weighted by Gasteiger charge is -2.13. The molecule has 7 nitrogen and oxygen atoms in total. The number of rotatable bonds is 7. The standard InChI is InChI=1S/C9H19N3O4/c1-5-11(6-2)12(14)10-16-7-15-9(13)8(3)4/h8H,5-7H2,1-4H3/b12-10-. The molecule has 0 bridgehead atoms. The summed E-state index contributed by atoms with van der Waals surface area (Å²) in [7, 11) is 0. The molecule has 0 unspecified atom stereocenters. The highest BCUT2D eigenvalue weighted by atomic mass is 16.8. The predicted octanol–water partition coefficient (Wildman–Crippen LogP) is 1.29. The van der Waals surface area contributed by atoms with Crippen LogP contribution in [-0.2, 0) is 14.4 Å². The minimum absolute atomic E-state index is 0.227. The first-order chi connectivity index (χ1) is 7.52. The Kier molecular flexibility index (Phi) is 6.98. The third kappa shape index (κ3) is 5.38. The van der Waals surface area contributed by atoms with Crippen LogP contribution in [0, 0.1) is 11.1 Å². The molecule has 0 radical (unpaired) electrons. The van der Waals surface area contributed by atoms with Crippen LogP contribution < -0.4 is 0 Å². The van der Waals surface area contributed by atoms with Gasteiger partial charge in [0.2, 0.25) is 5.28 Å². The maximum Gasteiger partial charge on any atom is 0.311 e. The van der Waals surface area contributed by atoms with E-state index in [1.54, 1.807) is 13.8 Å². The van der Waals surface area contributed by atoms with Gasteiger partial charge in [0.1, 0.15) is 0 Å². The van der Waals surface area contributed by atoms with Crippen LogP contribution in [0.4, 0.5) is 0 Å². The zero-order valence-corrected chi connectivity index (χ0v) is 10.2. The SMILES string of the molecule is CCN(CC)/[N+]([O-])=N/OCOC(=O)C(C)C. The van der Waals surface area contributed by atoms with Gasteiger partial charge in [-0.3, -0.25) is 4.79 Å². The molecule has 16 heavy (non-hydrogen) atoms. The van der Waals surface area contributed by atoms with Crippen molar-refractivity contribution in [1.29, 1.82) is 0 Å². The zero-order valence-electron chi connectivity index (χ0n) is 10.2. The molecule has 0 aliphatic rings. The predicted molar refractivity (Wildman–Crippen MR) is 55.9 cm³/mol. The molecule has 0 aliphatic heterocycles. The summed E-state index contributed by atoms with van der Waals surface area (Å²) in [4.78, 5) is 15.9. The maximum atomic E-state index is 11.2. The Bertz CT molecular complexity index is 239. The lowest BCUT2D eigenvalue weighted by molar-refractivity contribution is -0.710. The van der Waals surface area contributed by atoms with Crippen molar-refractivity contribution in [3.8, 4) is 0 Å². The Morgan fingerprint density at radius 2 is 2.00 bits per heavy atom. The number of esters is 1. The number of hydrogen-bond acceptors (Lipinski definition) is 5. The minimum atomic E-state index is -0.393. The smallest absolute Gasteiger partial charge is 0.311 e. The van der Waals surface area contributed by atoms with Crippen LogP contribution in [0.2, 0.25) is 0 Å². The summed E-state index contributed by atoms with van der Waals surface area (Å²) in [5.41, 5.74) is 0. The van der Waals surface area contributed by atoms with Crippen molar-refractivity contribution in [2.75, 3.05) is 19.9 Å². The first kappa shape index (κ1) is 14.5. The van der Waals surface area contributed by atoms with Gasteiger partial charge in [-0.1, -0.05) is 13.8 Å². The molecule has 7 heteroatoms. The number of hydrazine groups is 1. The summed E-state index contributed by atoms with van der Waals surface area (Å²) < 4.78 is 4.66. The van der Waals surface area contributed by atoms with Crippen molar-refractivity contribution in [2.45, 2.75) is 27.7 Å². The van der Waals surface area contributed by atoms with Crippen LogP contribution in [0.3, 0.4) is 0 Å². The minimum Gasteiger partial charge on any atom is -0.569 e. The van der Waals surface area contributed by atoms with E-state index in [2.05, 4.69) is 14.9 Å². The van der Waals surface area contributed by atoms with Crippen LogP contribution in [-0.4, -0.2) is 35.8 Å². The summed E-state index contributed by atoms with van der Waals surface area (Å²) in [6.07, 6.45) is 0. The molecule has 0 spiro atoms. The highest BCUT2D eigenvalue weighted by molar-refractivity contribution is 5.71. The number of carbonyl (C=O) groups excluding carboxylic acids is 1. The normalized spacial score (nSPS) is 11.4. The van der Waals surface area contributed by atoms with Crippen LogP contribution in [0.1, 0.15) is 27.7 Å². The molecule has 0 fully saturated rings. The molecule has 0 rings (SSSR count). The van der Waals surface area contributed by atoms with Crippen molar-refractivity contribution in [2.24, 2.45) is 11.2 Å². The van der Waals surface area contributed by atoms with E-state index < -0.39 is 5.97 Å². The molecular formula is C9H19N3O4. The highest BCUT2D eigenvalue weighted by Gasteiger charge is 2.09. The van der Waals surface area contributed by atoms with Crippen LogP contribution >= 0.6 is 0 Å². The van der Waals surface area contributed by atoms with E-state index in [0.29, 0.717) is 18.1 Å². The summed E-state index contributed by atoms with van der Waals surface area (Å²) >= 11 is 0. The molecule has 0 N–H and O–H groups in total. The fourth-order valence-electron chi connectivity index (χ4n) is 0.841. The topological polar surface area (TPSA) is 77.2 Å². The Morgan fingerprint density at radius 3 is 2.44 bits per heavy atom. The quantitative estimate of drug-likeness (QED) is 0.165. The first-order valence-electron chi connectivity index (χ1n) is 5.24. The third-order valence-corrected chi connectivity index (χ3v) is 1.82. The van der Waals surface area contributed by atoms with E-state index >= 15 is 0 Å². The molecule has 0 saturated carbocycles. The van der Waals surface area contributed by atoms with Gasteiger partial charge in [-0.25, -0.2) is 0 Å². The van der Waals surface area contributed by atoms with Gasteiger partial charge in [-0.15, -0.1) is 5.01 Å². The molecule has 0 aromatic carbocycles. The second kappa shape index (κ2) is 7.72. The van der Waals surface area contributed by atoms with Gasteiger partial charge in [0.25, 0.3) is 6.79 Å². The molecule has 0 atom stereocenters. The van der Waals surface area contributed by atoms with Crippen molar-refractivity contribution >= 4 is 5.97 Å². The van der Waals surface area contributed by atoms with E-state index in [9.17, 15) is 10.0 Å². The fraction of sp³-hybridized carbons (Fsp3) is 0.889. The number of ether oxygens (including phenoxy) is 1. The first-order valence-corrected chi connectivity index (χ1v) is 5.24. The molecule has 0 aliphatic carbocycles. The van der Waals surface area contributed by atoms with Crippen molar-refractivity contribution in [1.82, 2.24) is 5.01 Å². The molecule has 0 aromatic rings. The second-order valence-electron chi connectivity index (χ2n) is 3.34. The van der Waals surface area contributed by atoms with E-state index in [4.69, 9.17) is 0 Å². The zero-order chi connectivity index (χ0) is 12.6. The lowest BCUT2D eigenvalue weighted by Crippen LogP contribution is -2.30. The average molecular weight is 233 g/mol. The molecule has 0 aromatic heterocycles. The van der Waals surface area contributed by atoms with E-state index in [-0.39, 0.29) is 12.7 Å². The van der Waals surface area contributed by atoms with Crippen molar-refractivity contribution in [3.63, 3.8) is 0 Å². The molecule has 0 heterocycles. The van der Waals surface area contributed by atoms with Crippen molar-refractivity contribution in [3.05, 3.63) is 5.21 Å². The maximum absolute atomic E-state index is 11.2. The lowest BCUT2D eigenvalue weighted by atomic mass is 10.2. The van der Waals surface area contributed by atoms with Gasteiger partial charge in [-0.05, 0) is 13.8 Å². The Morgan fingerprint density at radius 1 is 1.44 bits per heavy atom. The van der Waals surface area contributed by atoms with Crippen LogP contribution in [0.15, 0.2) is 5.28 Å². The van der Waals surface area contributed by atoms with Gasteiger partial charge < -0.3 is 14.8 Å². The summed E-state index contributed by atoms with van der Waals surface area (Å²) in [5, 5.41) is 15.8. The van der Waals surface area contributed by atoms with Crippen LogP contribution in [0.5, 0.6) is 0 Å². The van der Waals surface area contributed by atoms with Gasteiger partial charge >= 0.3 is 5.97 Å². The Labute approximate surface area is 95.1 Å². The summed E-state index contributed by atoms with van der Waals surface area (Å²) in [5.74, 6) is -0.620. The average Bonchev–Trinajstić information content (AvgIpc) is 2.25.